The van der Waals surface area contributed by atoms with Crippen molar-refractivity contribution in [1.29, 1.82) is 0 Å². The molecule has 0 fully saturated rings. The van der Waals surface area contributed by atoms with Crippen molar-refractivity contribution < 1.29 is 36.7 Å². The molecule has 9 rings (SSSR count). The summed E-state index contributed by atoms with van der Waals surface area (Å²) in [6.07, 6.45) is 8.95. The molecule has 0 spiro atoms. The lowest BCUT2D eigenvalue weighted by atomic mass is 9.83. The van der Waals surface area contributed by atoms with E-state index in [1.807, 2.05) is 173 Å². The predicted octanol–water partition coefficient (Wildman–Crippen LogP) is 16.6. The van der Waals surface area contributed by atoms with Crippen molar-refractivity contribution >= 4 is 61.1 Å². The van der Waals surface area contributed by atoms with Crippen LogP contribution in [0.2, 0.25) is 0 Å². The van der Waals surface area contributed by atoms with Gasteiger partial charge in [0.25, 0.3) is 0 Å². The summed E-state index contributed by atoms with van der Waals surface area (Å²) >= 11 is 0. The van der Waals surface area contributed by atoms with E-state index in [-0.39, 0.29) is 39.5 Å². The van der Waals surface area contributed by atoms with E-state index in [1.165, 1.54) is 0 Å². The average molecular weight is 935 g/mol. The Kier molecular flexibility index (Phi) is 14.9. The zero-order valence-electron chi connectivity index (χ0n) is 38.0. The zero-order chi connectivity index (χ0) is 47.6. The van der Waals surface area contributed by atoms with Crippen LogP contribution in [0.5, 0.6) is 28.7 Å². The first-order valence-corrected chi connectivity index (χ1v) is 24.3. The summed E-state index contributed by atoms with van der Waals surface area (Å²) in [5.41, 5.74) is 1.99. The summed E-state index contributed by atoms with van der Waals surface area (Å²) in [5.74, 6) is 1.20. The monoisotopic (exact) mass is 934 g/mol. The second-order valence-corrected chi connectivity index (χ2v) is 17.2. The molecular weight excluding hydrogens is 887 g/mol. The summed E-state index contributed by atoms with van der Waals surface area (Å²) in [5, 5.41) is 5.98. The first-order valence-electron chi connectivity index (χ1n) is 22.1. The van der Waals surface area contributed by atoms with Gasteiger partial charge in [-0.2, -0.15) is 0 Å². The molecule has 0 heterocycles. The standard InChI is InChI=1S/C56H42O8P2.C2H6/c1-5-7-16-41(37(3)4)33-45(6-2)59-65(60-46-30-27-38-17-8-11-20-42(38)34-46)63-51-25-14-23-49-53(51)56(58)54-50(55(49)57)24-15-26-52(54)64-66(61-47-31-28-39-18-9-12-21-43(39)35-47)62-48-32-29-40-19-10-13-22-44(40)36-48;1-2/h5-36H,1,3H2,2,4H3;1-2H3/b16-7-,41-33-,45-6+;. The van der Waals surface area contributed by atoms with Gasteiger partial charge in [-0.25, -0.2) is 0 Å². The SMILES string of the molecule is C=C\C=C/C(=C/C(=C\C)OP(Oc1ccc2ccccc2c1)Oc1cccc2c1C(=O)c1c(OP(Oc3ccc4ccccc4c3)Oc3ccc4ccccc4c3)cccc1C2=O)C(=C)C.CC. The van der Waals surface area contributed by atoms with Gasteiger partial charge in [0.05, 0.1) is 11.1 Å². The van der Waals surface area contributed by atoms with E-state index in [0.717, 1.165) is 43.5 Å². The lowest BCUT2D eigenvalue weighted by molar-refractivity contribution is 0.0975. The molecule has 0 radical (unpaired) electrons. The molecule has 1 aliphatic rings. The normalized spacial score (nSPS) is 12.8. The molecule has 0 saturated heterocycles. The maximum atomic E-state index is 15.1. The second-order valence-electron chi connectivity index (χ2n) is 15.2. The molecule has 8 aromatic rings. The van der Waals surface area contributed by atoms with Crippen LogP contribution >= 0.6 is 17.2 Å². The van der Waals surface area contributed by atoms with E-state index in [1.54, 1.807) is 48.6 Å². The maximum absolute atomic E-state index is 15.1. The number of ketones is 2. The van der Waals surface area contributed by atoms with Crippen LogP contribution < -0.4 is 22.6 Å². The molecule has 0 N–H and O–H groups in total. The van der Waals surface area contributed by atoms with Crippen LogP contribution in [0.15, 0.2) is 224 Å². The molecule has 338 valence electrons. The molecule has 1 unspecified atom stereocenters. The summed E-state index contributed by atoms with van der Waals surface area (Å²) in [4.78, 5) is 29.5. The molecular formula is C58H48O8P2. The molecule has 0 aromatic heterocycles. The van der Waals surface area contributed by atoms with Crippen LogP contribution in [0.25, 0.3) is 32.3 Å². The molecule has 8 aromatic carbocycles. The number of carbonyl (C=O) groups excluding carboxylic acids is 2. The Morgan fingerprint density at radius 3 is 1.37 bits per heavy atom. The fourth-order valence-electron chi connectivity index (χ4n) is 7.42. The molecule has 1 atom stereocenters. The van der Waals surface area contributed by atoms with Crippen molar-refractivity contribution in [1.82, 2.24) is 0 Å². The fourth-order valence-corrected chi connectivity index (χ4v) is 9.46. The van der Waals surface area contributed by atoms with E-state index in [9.17, 15) is 4.79 Å². The Balaban J connectivity index is 0.00000308. The second kappa shape index (κ2) is 21.7. The van der Waals surface area contributed by atoms with Crippen LogP contribution in [0, 0.1) is 0 Å². The Morgan fingerprint density at radius 2 is 0.941 bits per heavy atom. The van der Waals surface area contributed by atoms with Crippen LogP contribution in [-0.2, 0) is 4.52 Å². The number of hydrogen-bond donors (Lipinski definition) is 0. The minimum Gasteiger partial charge on any atom is -0.409 e. The van der Waals surface area contributed by atoms with Crippen molar-refractivity contribution in [3.8, 4) is 28.7 Å². The molecule has 0 bridgehead atoms. The van der Waals surface area contributed by atoms with Crippen molar-refractivity contribution in [2.24, 2.45) is 0 Å². The van der Waals surface area contributed by atoms with Crippen molar-refractivity contribution in [2.45, 2.75) is 27.7 Å². The minimum atomic E-state index is -2.32. The molecule has 0 aliphatic heterocycles. The first kappa shape index (κ1) is 46.8. The third-order valence-corrected chi connectivity index (χ3v) is 12.8. The number of fused-ring (bicyclic) bond motifs is 5. The Hall–Kier alpha value is -7.76. The molecule has 68 heavy (non-hydrogen) atoms. The topological polar surface area (TPSA) is 89.5 Å². The van der Waals surface area contributed by atoms with Gasteiger partial charge in [-0.3, -0.25) is 9.59 Å². The van der Waals surface area contributed by atoms with E-state index in [2.05, 4.69) is 13.2 Å². The van der Waals surface area contributed by atoms with Gasteiger partial charge in [-0.1, -0.05) is 166 Å². The number of rotatable bonds is 16. The van der Waals surface area contributed by atoms with Crippen molar-refractivity contribution in [3.63, 3.8) is 0 Å². The number of allylic oxidation sites excluding steroid dienone is 7. The van der Waals surface area contributed by atoms with Gasteiger partial charge in [0.15, 0.2) is 5.78 Å². The molecule has 10 heteroatoms. The van der Waals surface area contributed by atoms with E-state index in [0.29, 0.717) is 23.0 Å². The molecule has 0 saturated carbocycles. The van der Waals surface area contributed by atoms with Gasteiger partial charge in [0.2, 0.25) is 5.78 Å². The Bertz CT molecular complexity index is 3220. The van der Waals surface area contributed by atoms with Crippen LogP contribution in [-0.4, -0.2) is 11.6 Å². The van der Waals surface area contributed by atoms with Gasteiger partial charge >= 0.3 is 17.2 Å². The van der Waals surface area contributed by atoms with E-state index in [4.69, 9.17) is 27.1 Å². The minimum absolute atomic E-state index is 0.0357. The first-order chi connectivity index (χ1) is 33.2. The maximum Gasteiger partial charge on any atom is 0.530 e. The number of hydrogen-bond acceptors (Lipinski definition) is 8. The molecule has 0 amide bonds. The highest BCUT2D eigenvalue weighted by molar-refractivity contribution is 7.43. The summed E-state index contributed by atoms with van der Waals surface area (Å²) in [7, 11) is -4.58. The fraction of sp³-hybridized carbons (Fsp3) is 0.0690. The van der Waals surface area contributed by atoms with Crippen LogP contribution in [0.4, 0.5) is 0 Å². The highest BCUT2D eigenvalue weighted by Crippen LogP contribution is 2.50. The van der Waals surface area contributed by atoms with Gasteiger partial charge in [-0.15, -0.1) is 0 Å². The van der Waals surface area contributed by atoms with Gasteiger partial charge in [-0.05, 0) is 112 Å². The lowest BCUT2D eigenvalue weighted by Crippen LogP contribution is -2.22. The molecule has 8 nitrogen and oxygen atoms in total. The highest BCUT2D eigenvalue weighted by atomic mass is 31.2. The summed E-state index contributed by atoms with van der Waals surface area (Å²) < 4.78 is 39.1. The highest BCUT2D eigenvalue weighted by Gasteiger charge is 2.37. The summed E-state index contributed by atoms with van der Waals surface area (Å²) in [6, 6.07) is 50.6. The van der Waals surface area contributed by atoms with Gasteiger partial charge in [0.1, 0.15) is 34.5 Å². The number of carbonyl (C=O) groups is 2. The largest absolute Gasteiger partial charge is 0.530 e. The Labute approximate surface area is 399 Å². The quantitative estimate of drug-likeness (QED) is 0.0538. The van der Waals surface area contributed by atoms with E-state index >= 15 is 4.79 Å². The van der Waals surface area contributed by atoms with Crippen LogP contribution in [0.1, 0.15) is 59.5 Å². The smallest absolute Gasteiger partial charge is 0.409 e. The Morgan fingerprint density at radius 1 is 0.515 bits per heavy atom. The lowest BCUT2D eigenvalue weighted by Gasteiger charge is -2.25. The summed E-state index contributed by atoms with van der Waals surface area (Å²) in [6.45, 7) is 15.6. The zero-order valence-corrected chi connectivity index (χ0v) is 39.8. The van der Waals surface area contributed by atoms with Gasteiger partial charge in [0, 0.05) is 11.1 Å². The predicted molar refractivity (Wildman–Crippen MR) is 277 cm³/mol. The van der Waals surface area contributed by atoms with E-state index < -0.39 is 23.0 Å². The average Bonchev–Trinajstić information content (AvgIpc) is 3.36. The van der Waals surface area contributed by atoms with Crippen molar-refractivity contribution in [3.05, 3.63) is 246 Å². The third kappa shape index (κ3) is 10.6. The van der Waals surface area contributed by atoms with Crippen LogP contribution in [0.3, 0.4) is 0 Å². The van der Waals surface area contributed by atoms with Gasteiger partial charge < -0.3 is 27.1 Å². The number of benzene rings is 8. The third-order valence-electron chi connectivity index (χ3n) is 10.7. The van der Waals surface area contributed by atoms with Crippen molar-refractivity contribution in [2.75, 3.05) is 0 Å². The molecule has 1 aliphatic carbocycles.